The summed E-state index contributed by atoms with van der Waals surface area (Å²) < 4.78 is 33.3. The van der Waals surface area contributed by atoms with Gasteiger partial charge in [0, 0.05) is 13.0 Å². The smallest absolute Gasteiger partial charge is 0.472 e. The highest BCUT2D eigenvalue weighted by Crippen LogP contribution is 2.43. The summed E-state index contributed by atoms with van der Waals surface area (Å²) in [4.78, 5) is 33.5. The van der Waals surface area contributed by atoms with E-state index in [1.54, 1.807) is 0 Å². The van der Waals surface area contributed by atoms with E-state index >= 15 is 0 Å². The van der Waals surface area contributed by atoms with E-state index in [0.29, 0.717) is 13.0 Å². The molecule has 0 fully saturated rings. The van der Waals surface area contributed by atoms with Crippen molar-refractivity contribution < 1.29 is 42.7 Å². The van der Waals surface area contributed by atoms with Crippen molar-refractivity contribution in [3.05, 3.63) is 60.8 Å². The highest BCUT2D eigenvalue weighted by atomic mass is 31.2. The van der Waals surface area contributed by atoms with Crippen molar-refractivity contribution in [2.24, 2.45) is 5.73 Å². The molecule has 318 valence electrons. The van der Waals surface area contributed by atoms with Crippen LogP contribution < -0.4 is 5.73 Å². The fraction of sp³-hybridized carbons (Fsp3) is 0.727. The zero-order chi connectivity index (χ0) is 40.5. The number of carboxylic acid groups (broad SMARTS) is 1. The summed E-state index contributed by atoms with van der Waals surface area (Å²) in [6.07, 6.45) is 47.0. The molecule has 0 rings (SSSR count). The second-order valence-corrected chi connectivity index (χ2v) is 15.5. The van der Waals surface area contributed by atoms with Gasteiger partial charge in [0.1, 0.15) is 12.1 Å². The lowest BCUT2D eigenvalue weighted by Gasteiger charge is -2.20. The van der Waals surface area contributed by atoms with E-state index in [-0.39, 0.29) is 13.0 Å². The third-order valence-corrected chi connectivity index (χ3v) is 9.73. The van der Waals surface area contributed by atoms with E-state index in [1.807, 2.05) is 0 Å². The molecule has 0 saturated heterocycles. The Morgan fingerprint density at radius 1 is 0.600 bits per heavy atom. The maximum Gasteiger partial charge on any atom is 0.472 e. The van der Waals surface area contributed by atoms with E-state index in [9.17, 15) is 19.0 Å². The summed E-state index contributed by atoms with van der Waals surface area (Å²) in [6, 6.07) is -1.48. The van der Waals surface area contributed by atoms with Gasteiger partial charge in [0.05, 0.1) is 19.8 Å². The molecule has 0 heterocycles. The summed E-state index contributed by atoms with van der Waals surface area (Å²) in [5, 5.41) is 8.89. The Bertz CT molecular complexity index is 1100. The molecule has 0 spiro atoms. The molecule has 4 N–H and O–H groups in total. The molecule has 0 aliphatic rings. The minimum atomic E-state index is -4.63. The van der Waals surface area contributed by atoms with E-state index < -0.39 is 45.1 Å². The number of ether oxygens (including phenoxy) is 2. The fourth-order valence-electron chi connectivity index (χ4n) is 5.47. The lowest BCUT2D eigenvalue weighted by Crippen LogP contribution is -2.34. The van der Waals surface area contributed by atoms with Gasteiger partial charge in [-0.05, 0) is 77.0 Å². The molecular formula is C44H78NO9P. The first-order valence-electron chi connectivity index (χ1n) is 21.3. The number of aliphatic carboxylic acids is 1. The van der Waals surface area contributed by atoms with Crippen molar-refractivity contribution in [3.63, 3.8) is 0 Å². The van der Waals surface area contributed by atoms with Crippen LogP contribution in [0.2, 0.25) is 0 Å². The lowest BCUT2D eigenvalue weighted by atomic mass is 10.1. The predicted octanol–water partition coefficient (Wildman–Crippen LogP) is 11.6. The number of carbonyl (C=O) groups excluding carboxylic acids is 1. The molecule has 0 aliphatic heterocycles. The van der Waals surface area contributed by atoms with Gasteiger partial charge >= 0.3 is 19.8 Å². The highest BCUT2D eigenvalue weighted by Gasteiger charge is 2.27. The molecule has 3 atom stereocenters. The van der Waals surface area contributed by atoms with Gasteiger partial charge in [-0.15, -0.1) is 0 Å². The van der Waals surface area contributed by atoms with Gasteiger partial charge < -0.3 is 25.2 Å². The van der Waals surface area contributed by atoms with Crippen molar-refractivity contribution in [2.75, 3.05) is 26.4 Å². The lowest BCUT2D eigenvalue weighted by molar-refractivity contribution is -0.154. The number of allylic oxidation sites excluding steroid dienone is 10. The van der Waals surface area contributed by atoms with E-state index in [0.717, 1.165) is 77.0 Å². The van der Waals surface area contributed by atoms with Crippen LogP contribution in [0.5, 0.6) is 0 Å². The molecule has 0 aromatic heterocycles. The van der Waals surface area contributed by atoms with Crippen LogP contribution in [0, 0.1) is 0 Å². The van der Waals surface area contributed by atoms with Crippen LogP contribution in [0.1, 0.15) is 168 Å². The normalized spacial score (nSPS) is 14.5. The minimum absolute atomic E-state index is 0.000320. The number of nitrogens with two attached hydrogens (primary N) is 1. The van der Waals surface area contributed by atoms with Gasteiger partial charge in [0.2, 0.25) is 0 Å². The molecule has 0 aromatic carbocycles. The van der Waals surface area contributed by atoms with Crippen molar-refractivity contribution in [1.82, 2.24) is 0 Å². The molecule has 10 nitrogen and oxygen atoms in total. The van der Waals surface area contributed by atoms with Crippen LogP contribution in [0.3, 0.4) is 0 Å². The first kappa shape index (κ1) is 52.7. The summed E-state index contributed by atoms with van der Waals surface area (Å²) in [5.41, 5.74) is 5.35. The molecule has 0 bridgehead atoms. The fourth-order valence-corrected chi connectivity index (χ4v) is 6.25. The molecule has 3 unspecified atom stereocenters. The number of unbranched alkanes of at least 4 members (excludes halogenated alkanes) is 16. The number of phosphoric acid groups is 1. The van der Waals surface area contributed by atoms with Crippen LogP contribution in [-0.2, 0) is 32.7 Å². The molecule has 55 heavy (non-hydrogen) atoms. The van der Waals surface area contributed by atoms with Crippen molar-refractivity contribution in [2.45, 2.75) is 180 Å². The molecular weight excluding hydrogens is 717 g/mol. The third-order valence-electron chi connectivity index (χ3n) is 8.78. The minimum Gasteiger partial charge on any atom is -0.480 e. The number of hydrogen-bond acceptors (Lipinski definition) is 8. The Hall–Kier alpha value is -2.33. The molecule has 0 aliphatic carbocycles. The van der Waals surface area contributed by atoms with E-state index in [1.165, 1.54) is 64.2 Å². The van der Waals surface area contributed by atoms with Gasteiger partial charge in [-0.3, -0.25) is 18.6 Å². The maximum absolute atomic E-state index is 12.6. The zero-order valence-corrected chi connectivity index (χ0v) is 35.4. The molecule has 0 aromatic rings. The Labute approximate surface area is 334 Å². The number of carbonyl (C=O) groups is 2. The summed E-state index contributed by atoms with van der Waals surface area (Å²) >= 11 is 0. The SMILES string of the molecule is CC/C=C\C/C=C\C/C=C\C/C=C\CCCCCCC(=O)OC(COCCCCCCCC/C=C\CCCCCCCC)COP(=O)(O)OCC(N)C(=O)O. The van der Waals surface area contributed by atoms with Crippen LogP contribution in [0.15, 0.2) is 60.8 Å². The Balaban J connectivity index is 4.32. The van der Waals surface area contributed by atoms with Gasteiger partial charge in [-0.25, -0.2) is 4.57 Å². The van der Waals surface area contributed by atoms with Crippen molar-refractivity contribution in [1.29, 1.82) is 0 Å². The largest absolute Gasteiger partial charge is 0.480 e. The van der Waals surface area contributed by atoms with Crippen LogP contribution in [-0.4, -0.2) is 60.5 Å². The van der Waals surface area contributed by atoms with E-state index in [4.69, 9.17) is 29.4 Å². The van der Waals surface area contributed by atoms with Gasteiger partial charge in [0.25, 0.3) is 0 Å². The van der Waals surface area contributed by atoms with Gasteiger partial charge in [-0.2, -0.15) is 0 Å². The van der Waals surface area contributed by atoms with E-state index in [2.05, 4.69) is 74.6 Å². The first-order valence-corrected chi connectivity index (χ1v) is 22.8. The van der Waals surface area contributed by atoms with Crippen LogP contribution in [0.4, 0.5) is 0 Å². The number of rotatable bonds is 40. The third kappa shape index (κ3) is 39.7. The summed E-state index contributed by atoms with van der Waals surface area (Å²) in [7, 11) is -4.63. The second kappa shape index (κ2) is 39.9. The first-order chi connectivity index (χ1) is 26.7. The predicted molar refractivity (Wildman–Crippen MR) is 226 cm³/mol. The second-order valence-electron chi connectivity index (χ2n) is 14.1. The van der Waals surface area contributed by atoms with Crippen LogP contribution >= 0.6 is 7.82 Å². The van der Waals surface area contributed by atoms with Gasteiger partial charge in [0.15, 0.2) is 0 Å². The highest BCUT2D eigenvalue weighted by molar-refractivity contribution is 7.47. The summed E-state index contributed by atoms with van der Waals surface area (Å²) in [6.45, 7) is 3.71. The number of phosphoric ester groups is 1. The molecule has 0 saturated carbocycles. The topological polar surface area (TPSA) is 155 Å². The monoisotopic (exact) mass is 796 g/mol. The Morgan fingerprint density at radius 3 is 1.60 bits per heavy atom. The average Bonchev–Trinajstić information content (AvgIpc) is 3.16. The Kier molecular flexibility index (Phi) is 38.2. The molecule has 0 radical (unpaired) electrons. The number of carboxylic acids is 1. The van der Waals surface area contributed by atoms with Crippen molar-refractivity contribution in [3.8, 4) is 0 Å². The maximum atomic E-state index is 12.6. The number of hydrogen-bond donors (Lipinski definition) is 3. The van der Waals surface area contributed by atoms with Crippen LogP contribution in [0.25, 0.3) is 0 Å². The van der Waals surface area contributed by atoms with Gasteiger partial charge in [-0.1, -0.05) is 145 Å². The standard InChI is InChI=1S/C44H78NO9P/c1-3-5-7-9-11-13-15-17-19-21-22-24-26-28-30-32-34-36-43(46)54-41(39-52-55(49,50)53-40-42(45)44(47)48)38-51-37-35-33-31-29-27-25-23-20-18-16-14-12-10-8-6-4-2/h5,7,11,13,17-20,22,24,41-42H,3-4,6,8-10,12,14-16,21,23,25-40,45H2,1-2H3,(H,47,48)(H,49,50)/b7-5-,13-11-,19-17-,20-18-,24-22-. The zero-order valence-electron chi connectivity index (χ0n) is 34.5. The quantitative estimate of drug-likeness (QED) is 0.0236. The molecule has 11 heteroatoms. The Morgan fingerprint density at radius 2 is 1.05 bits per heavy atom. The molecule has 0 amide bonds. The summed E-state index contributed by atoms with van der Waals surface area (Å²) in [5.74, 6) is -1.81. The van der Waals surface area contributed by atoms with Crippen molar-refractivity contribution >= 4 is 19.8 Å². The number of esters is 1. The average molecular weight is 796 g/mol.